The van der Waals surface area contributed by atoms with Gasteiger partial charge in [-0.05, 0) is 42.2 Å². The molecule has 0 saturated heterocycles. The summed E-state index contributed by atoms with van der Waals surface area (Å²) in [6, 6.07) is 14.4. The predicted molar refractivity (Wildman–Crippen MR) is 84.6 cm³/mol. The largest absolute Gasteiger partial charge is 0.496 e. The summed E-state index contributed by atoms with van der Waals surface area (Å²) in [4.78, 5) is 0.371. The first-order valence-electron chi connectivity index (χ1n) is 6.86. The van der Waals surface area contributed by atoms with Gasteiger partial charge in [0.2, 0.25) is 0 Å². The van der Waals surface area contributed by atoms with Crippen LogP contribution in [0.25, 0.3) is 0 Å². The van der Waals surface area contributed by atoms with E-state index in [2.05, 4.69) is 0 Å². The minimum atomic E-state index is -3.28. The molecule has 3 nitrogen and oxygen atoms in total. The fourth-order valence-corrected chi connectivity index (χ4v) is 3.91. The number of hydrogen-bond acceptors (Lipinski definition) is 3. The van der Waals surface area contributed by atoms with Crippen molar-refractivity contribution >= 4 is 9.84 Å². The van der Waals surface area contributed by atoms with E-state index in [1.165, 1.54) is 0 Å². The molecule has 0 aliphatic carbocycles. The van der Waals surface area contributed by atoms with Crippen molar-refractivity contribution in [1.29, 1.82) is 0 Å². The van der Waals surface area contributed by atoms with Crippen molar-refractivity contribution in [3.63, 3.8) is 0 Å². The smallest absolute Gasteiger partial charge is 0.178 e. The Hall–Kier alpha value is -1.81. The van der Waals surface area contributed by atoms with Crippen LogP contribution in [0, 0.1) is 6.92 Å². The molecule has 0 spiro atoms. The molecular formula is C17H20O3S. The molecule has 21 heavy (non-hydrogen) atoms. The monoisotopic (exact) mass is 304 g/mol. The third kappa shape index (κ3) is 3.64. The average Bonchev–Trinajstić information content (AvgIpc) is 2.48. The van der Waals surface area contributed by atoms with Gasteiger partial charge in [0.25, 0.3) is 0 Å². The van der Waals surface area contributed by atoms with Gasteiger partial charge in [0.1, 0.15) is 5.75 Å². The van der Waals surface area contributed by atoms with E-state index >= 15 is 0 Å². The van der Waals surface area contributed by atoms with Crippen LogP contribution in [0.1, 0.15) is 24.0 Å². The van der Waals surface area contributed by atoms with Crippen LogP contribution in [0.3, 0.4) is 0 Å². The summed E-state index contributed by atoms with van der Waals surface area (Å²) in [5, 5.41) is 0. The average molecular weight is 304 g/mol. The molecule has 0 fully saturated rings. The van der Waals surface area contributed by atoms with E-state index in [0.717, 1.165) is 16.9 Å². The van der Waals surface area contributed by atoms with Gasteiger partial charge in [-0.3, -0.25) is 0 Å². The molecule has 0 saturated carbocycles. The number of benzene rings is 2. The van der Waals surface area contributed by atoms with Gasteiger partial charge in [0, 0.05) is 0 Å². The molecule has 2 aromatic carbocycles. The summed E-state index contributed by atoms with van der Waals surface area (Å²) in [7, 11) is -1.66. The van der Waals surface area contributed by atoms with Crippen molar-refractivity contribution in [3.05, 3.63) is 59.7 Å². The fourth-order valence-electron chi connectivity index (χ4n) is 2.29. The summed E-state index contributed by atoms with van der Waals surface area (Å²) >= 11 is 0. The normalized spacial score (nSPS) is 12.9. The van der Waals surface area contributed by atoms with Gasteiger partial charge >= 0.3 is 0 Å². The Morgan fingerprint density at radius 2 is 1.76 bits per heavy atom. The second-order valence-electron chi connectivity index (χ2n) is 5.22. The molecule has 0 aliphatic heterocycles. The van der Waals surface area contributed by atoms with E-state index in [-0.39, 0.29) is 11.7 Å². The maximum absolute atomic E-state index is 12.4. The van der Waals surface area contributed by atoms with Crippen LogP contribution in [-0.2, 0) is 9.84 Å². The number of sulfone groups is 1. The Bertz CT molecular complexity index is 706. The number of aryl methyl sites for hydroxylation is 1. The maximum Gasteiger partial charge on any atom is 0.178 e. The van der Waals surface area contributed by atoms with E-state index in [4.69, 9.17) is 4.74 Å². The van der Waals surface area contributed by atoms with Crippen LogP contribution in [0.4, 0.5) is 0 Å². The lowest BCUT2D eigenvalue weighted by molar-refractivity contribution is 0.411. The summed E-state index contributed by atoms with van der Waals surface area (Å²) in [5.41, 5.74) is 2.01. The topological polar surface area (TPSA) is 43.4 Å². The summed E-state index contributed by atoms with van der Waals surface area (Å²) in [6.07, 6.45) is 0. The molecular weight excluding hydrogens is 284 g/mol. The van der Waals surface area contributed by atoms with Gasteiger partial charge < -0.3 is 4.74 Å². The van der Waals surface area contributed by atoms with E-state index in [9.17, 15) is 8.42 Å². The first-order chi connectivity index (χ1) is 9.94. The molecule has 0 radical (unpaired) electrons. The van der Waals surface area contributed by atoms with Crippen LogP contribution < -0.4 is 4.74 Å². The molecule has 0 heterocycles. The number of ether oxygens (including phenoxy) is 1. The highest BCUT2D eigenvalue weighted by Crippen LogP contribution is 2.26. The summed E-state index contributed by atoms with van der Waals surface area (Å²) in [5.74, 6) is 0.782. The Morgan fingerprint density at radius 3 is 2.38 bits per heavy atom. The molecule has 4 heteroatoms. The Labute approximate surface area is 126 Å². The fraction of sp³-hybridized carbons (Fsp3) is 0.294. The molecule has 0 aliphatic rings. The van der Waals surface area contributed by atoms with Gasteiger partial charge in [-0.15, -0.1) is 0 Å². The second-order valence-corrected chi connectivity index (χ2v) is 7.26. The van der Waals surface area contributed by atoms with Crippen molar-refractivity contribution in [2.45, 2.75) is 24.7 Å². The summed E-state index contributed by atoms with van der Waals surface area (Å²) < 4.78 is 30.1. The predicted octanol–water partition coefficient (Wildman–Crippen LogP) is 3.58. The van der Waals surface area contributed by atoms with Crippen molar-refractivity contribution in [3.8, 4) is 5.75 Å². The van der Waals surface area contributed by atoms with Gasteiger partial charge in [0.05, 0.1) is 17.8 Å². The zero-order valence-corrected chi connectivity index (χ0v) is 13.4. The zero-order valence-electron chi connectivity index (χ0n) is 12.5. The third-order valence-corrected chi connectivity index (χ3v) is 5.50. The van der Waals surface area contributed by atoms with E-state index in [1.54, 1.807) is 31.4 Å². The lowest BCUT2D eigenvalue weighted by Crippen LogP contribution is -2.13. The molecule has 2 aromatic rings. The van der Waals surface area contributed by atoms with Crippen LogP contribution >= 0.6 is 0 Å². The minimum absolute atomic E-state index is 0.0865. The standard InChI is InChI=1S/C17H20O3S/c1-13-9-10-15(11-17(13)20-3)14(2)12-21(18,19)16-7-5-4-6-8-16/h4-11,14H,12H2,1-3H3/t14-/m1/s1. The lowest BCUT2D eigenvalue weighted by Gasteiger charge is -2.14. The maximum atomic E-state index is 12.4. The van der Waals surface area contributed by atoms with Gasteiger partial charge in [-0.25, -0.2) is 8.42 Å². The van der Waals surface area contributed by atoms with E-state index < -0.39 is 9.84 Å². The minimum Gasteiger partial charge on any atom is -0.496 e. The highest BCUT2D eigenvalue weighted by molar-refractivity contribution is 7.91. The molecule has 0 unspecified atom stereocenters. The van der Waals surface area contributed by atoms with Gasteiger partial charge in [0.15, 0.2) is 9.84 Å². The van der Waals surface area contributed by atoms with Crippen LogP contribution in [-0.4, -0.2) is 21.3 Å². The molecule has 0 aromatic heterocycles. The molecule has 112 valence electrons. The molecule has 1 atom stereocenters. The van der Waals surface area contributed by atoms with E-state index in [0.29, 0.717) is 4.90 Å². The zero-order chi connectivity index (χ0) is 15.5. The first kappa shape index (κ1) is 15.6. The Balaban J connectivity index is 2.24. The summed E-state index contributed by atoms with van der Waals surface area (Å²) in [6.45, 7) is 3.89. The molecule has 0 N–H and O–H groups in total. The van der Waals surface area contributed by atoms with Crippen molar-refractivity contribution in [2.24, 2.45) is 0 Å². The highest BCUT2D eigenvalue weighted by atomic mass is 32.2. The van der Waals surface area contributed by atoms with Crippen LogP contribution in [0.15, 0.2) is 53.4 Å². The SMILES string of the molecule is COc1cc([C@H](C)CS(=O)(=O)c2ccccc2)ccc1C. The number of rotatable bonds is 5. The van der Waals surface area contributed by atoms with E-state index in [1.807, 2.05) is 38.1 Å². The Morgan fingerprint density at radius 1 is 1.10 bits per heavy atom. The van der Waals surface area contributed by atoms with Crippen LogP contribution in [0.2, 0.25) is 0 Å². The molecule has 0 amide bonds. The quantitative estimate of drug-likeness (QED) is 0.848. The van der Waals surface area contributed by atoms with Gasteiger partial charge in [-0.1, -0.05) is 37.3 Å². The Kier molecular flexibility index (Phi) is 4.68. The number of methoxy groups -OCH3 is 1. The van der Waals surface area contributed by atoms with Crippen molar-refractivity contribution < 1.29 is 13.2 Å². The third-order valence-electron chi connectivity index (χ3n) is 3.57. The lowest BCUT2D eigenvalue weighted by atomic mass is 10.0. The number of hydrogen-bond donors (Lipinski definition) is 0. The highest BCUT2D eigenvalue weighted by Gasteiger charge is 2.19. The second kappa shape index (κ2) is 6.31. The molecule has 0 bridgehead atoms. The molecule has 2 rings (SSSR count). The van der Waals surface area contributed by atoms with Crippen LogP contribution in [0.5, 0.6) is 5.75 Å². The van der Waals surface area contributed by atoms with Gasteiger partial charge in [-0.2, -0.15) is 0 Å². The van der Waals surface area contributed by atoms with Crippen molar-refractivity contribution in [1.82, 2.24) is 0 Å². The van der Waals surface area contributed by atoms with Crippen molar-refractivity contribution in [2.75, 3.05) is 12.9 Å². The first-order valence-corrected chi connectivity index (χ1v) is 8.51.